The van der Waals surface area contributed by atoms with Crippen LogP contribution in [0.2, 0.25) is 0 Å². The summed E-state index contributed by atoms with van der Waals surface area (Å²) in [5.74, 6) is 0.621. The van der Waals surface area contributed by atoms with E-state index in [1.54, 1.807) is 4.90 Å². The van der Waals surface area contributed by atoms with Crippen LogP contribution < -0.4 is 5.73 Å². The Morgan fingerprint density at radius 2 is 1.92 bits per heavy atom. The van der Waals surface area contributed by atoms with Gasteiger partial charge < -0.3 is 20.1 Å². The Kier molecular flexibility index (Phi) is 6.51. The molecule has 2 amide bonds. The van der Waals surface area contributed by atoms with E-state index in [1.165, 1.54) is 0 Å². The summed E-state index contributed by atoms with van der Waals surface area (Å²) in [5, 5.41) is 0. The van der Waals surface area contributed by atoms with Crippen LogP contribution in [0.1, 0.15) is 39.7 Å². The first kappa shape index (κ1) is 20.1. The third-order valence-corrected chi connectivity index (χ3v) is 5.58. The summed E-state index contributed by atoms with van der Waals surface area (Å²) in [6, 6.07) is 9.64. The lowest BCUT2D eigenvalue weighted by atomic mass is 9.75. The molecule has 0 radical (unpaired) electrons. The Morgan fingerprint density at radius 3 is 2.50 bits per heavy atom. The predicted octanol–water partition coefficient (Wildman–Crippen LogP) is 3.79. The number of carbonyl (C=O) groups is 2. The van der Waals surface area contributed by atoms with Gasteiger partial charge in [0.1, 0.15) is 12.2 Å². The summed E-state index contributed by atoms with van der Waals surface area (Å²) >= 11 is 0. The largest absolute Gasteiger partial charge is 0.445 e. The van der Waals surface area contributed by atoms with Crippen molar-refractivity contribution in [3.8, 4) is 0 Å². The Labute approximate surface area is 155 Å². The van der Waals surface area contributed by atoms with E-state index in [0.717, 1.165) is 12.0 Å². The van der Waals surface area contributed by atoms with Crippen molar-refractivity contribution in [3.05, 3.63) is 35.9 Å². The summed E-state index contributed by atoms with van der Waals surface area (Å²) in [6.45, 7) is 9.42. The molecule has 6 nitrogen and oxygen atoms in total. The molecule has 3 atom stereocenters. The molecule has 0 bridgehead atoms. The van der Waals surface area contributed by atoms with Crippen LogP contribution in [0.15, 0.2) is 30.3 Å². The first-order valence-electron chi connectivity index (χ1n) is 9.18. The second-order valence-electron chi connectivity index (χ2n) is 7.59. The molecule has 1 aromatic rings. The van der Waals surface area contributed by atoms with Crippen LogP contribution in [-0.2, 0) is 16.1 Å². The minimum absolute atomic E-state index is 0.0619. The van der Waals surface area contributed by atoms with Gasteiger partial charge in [0.2, 0.25) is 0 Å². The standard InChI is InChI=1S/C20H30N2O4/c1-5-16-11-22(19(24)25-13-15-9-7-6-8-10-15)12-17(16)14(2)20(3,4)26-18(21)23/h6-10,14,16-17H,5,11-13H2,1-4H3,(H2,21,23)/t14?,16-,17-/m0/s1. The molecule has 1 saturated heterocycles. The summed E-state index contributed by atoms with van der Waals surface area (Å²) in [5.41, 5.74) is 5.49. The zero-order valence-corrected chi connectivity index (χ0v) is 16.1. The Balaban J connectivity index is 1.98. The topological polar surface area (TPSA) is 81.9 Å². The number of hydrogen-bond acceptors (Lipinski definition) is 4. The van der Waals surface area contributed by atoms with Crippen LogP contribution >= 0.6 is 0 Å². The SMILES string of the molecule is CC[C@H]1CN(C(=O)OCc2ccccc2)C[C@H]1C(C)C(C)(C)OC(N)=O. The maximum absolute atomic E-state index is 12.5. The van der Waals surface area contributed by atoms with E-state index in [2.05, 4.69) is 13.8 Å². The van der Waals surface area contributed by atoms with E-state index in [9.17, 15) is 9.59 Å². The van der Waals surface area contributed by atoms with Crippen LogP contribution in [0.25, 0.3) is 0 Å². The van der Waals surface area contributed by atoms with Crippen LogP contribution in [0.3, 0.4) is 0 Å². The molecular formula is C20H30N2O4. The Morgan fingerprint density at radius 1 is 1.27 bits per heavy atom. The van der Waals surface area contributed by atoms with Crippen molar-refractivity contribution in [2.45, 2.75) is 46.3 Å². The fraction of sp³-hybridized carbons (Fsp3) is 0.600. The molecular weight excluding hydrogens is 332 g/mol. The number of ether oxygens (including phenoxy) is 2. The fourth-order valence-corrected chi connectivity index (χ4v) is 3.72. The highest BCUT2D eigenvalue weighted by Gasteiger charge is 2.44. The van der Waals surface area contributed by atoms with Crippen LogP contribution in [0.4, 0.5) is 9.59 Å². The van der Waals surface area contributed by atoms with Crippen LogP contribution in [0, 0.1) is 17.8 Å². The minimum atomic E-state index is -0.771. The minimum Gasteiger partial charge on any atom is -0.445 e. The fourth-order valence-electron chi connectivity index (χ4n) is 3.72. The number of carbonyl (C=O) groups excluding carboxylic acids is 2. The number of rotatable bonds is 6. The number of benzene rings is 1. The highest BCUT2D eigenvalue weighted by atomic mass is 16.6. The van der Waals surface area contributed by atoms with Crippen molar-refractivity contribution >= 4 is 12.2 Å². The Hall–Kier alpha value is -2.24. The van der Waals surface area contributed by atoms with Gasteiger partial charge in [-0.05, 0) is 31.2 Å². The Bertz CT molecular complexity index is 617. The van der Waals surface area contributed by atoms with E-state index in [1.807, 2.05) is 44.2 Å². The summed E-state index contributed by atoms with van der Waals surface area (Å²) < 4.78 is 10.8. The molecule has 1 aliphatic rings. The number of nitrogens with two attached hydrogens (primary N) is 1. The van der Waals surface area contributed by atoms with Gasteiger partial charge in [-0.25, -0.2) is 9.59 Å². The molecule has 144 valence electrons. The third-order valence-electron chi connectivity index (χ3n) is 5.58. The van der Waals surface area contributed by atoms with Gasteiger partial charge in [-0.1, -0.05) is 50.6 Å². The van der Waals surface area contributed by atoms with Gasteiger partial charge in [0.25, 0.3) is 0 Å². The lowest BCUT2D eigenvalue weighted by Gasteiger charge is -2.36. The molecule has 0 saturated carbocycles. The van der Waals surface area contributed by atoms with Gasteiger partial charge in [-0.3, -0.25) is 0 Å². The number of likely N-dealkylation sites (tertiary alicyclic amines) is 1. The maximum atomic E-state index is 12.5. The van der Waals surface area contributed by atoms with Crippen molar-refractivity contribution in [1.29, 1.82) is 0 Å². The average molecular weight is 362 g/mol. The van der Waals surface area contributed by atoms with Crippen molar-refractivity contribution in [3.63, 3.8) is 0 Å². The maximum Gasteiger partial charge on any atom is 0.410 e. The van der Waals surface area contributed by atoms with Crippen LogP contribution in [-0.4, -0.2) is 35.8 Å². The second-order valence-corrected chi connectivity index (χ2v) is 7.59. The molecule has 26 heavy (non-hydrogen) atoms. The molecule has 2 N–H and O–H groups in total. The van der Waals surface area contributed by atoms with Gasteiger partial charge in [-0.15, -0.1) is 0 Å². The van der Waals surface area contributed by atoms with Gasteiger partial charge >= 0.3 is 12.2 Å². The summed E-state index contributed by atoms with van der Waals surface area (Å²) in [4.78, 5) is 25.4. The summed E-state index contributed by atoms with van der Waals surface area (Å²) in [6.07, 6.45) is -0.118. The molecule has 2 rings (SSSR count). The molecule has 1 unspecified atom stereocenters. The van der Waals surface area contributed by atoms with E-state index in [-0.39, 0.29) is 24.5 Å². The smallest absolute Gasteiger partial charge is 0.410 e. The van der Waals surface area contributed by atoms with Gasteiger partial charge in [-0.2, -0.15) is 0 Å². The van der Waals surface area contributed by atoms with E-state index in [0.29, 0.717) is 19.0 Å². The van der Waals surface area contributed by atoms with Crippen molar-refractivity contribution in [2.24, 2.45) is 23.5 Å². The first-order chi connectivity index (χ1) is 12.2. The van der Waals surface area contributed by atoms with E-state index in [4.69, 9.17) is 15.2 Å². The normalized spacial score (nSPS) is 21.3. The predicted molar refractivity (Wildman–Crippen MR) is 99.4 cm³/mol. The average Bonchev–Trinajstić information content (AvgIpc) is 3.03. The molecule has 1 heterocycles. The zero-order valence-electron chi connectivity index (χ0n) is 16.1. The molecule has 0 spiro atoms. The zero-order chi connectivity index (χ0) is 19.3. The lowest BCUT2D eigenvalue weighted by molar-refractivity contribution is -0.0212. The monoisotopic (exact) mass is 362 g/mol. The van der Waals surface area contributed by atoms with Crippen LogP contribution in [0.5, 0.6) is 0 Å². The highest BCUT2D eigenvalue weighted by molar-refractivity contribution is 5.68. The van der Waals surface area contributed by atoms with E-state index < -0.39 is 11.7 Å². The molecule has 0 aliphatic carbocycles. The van der Waals surface area contributed by atoms with Crippen molar-refractivity contribution in [2.75, 3.05) is 13.1 Å². The first-order valence-corrected chi connectivity index (χ1v) is 9.18. The number of nitrogens with zero attached hydrogens (tertiary/aromatic N) is 1. The molecule has 1 fully saturated rings. The lowest BCUT2D eigenvalue weighted by Crippen LogP contribution is -2.43. The molecule has 1 aromatic carbocycles. The number of primary amides is 1. The van der Waals surface area contributed by atoms with E-state index >= 15 is 0 Å². The highest BCUT2D eigenvalue weighted by Crippen LogP contribution is 2.38. The summed E-state index contributed by atoms with van der Waals surface area (Å²) in [7, 11) is 0. The third kappa shape index (κ3) is 4.90. The van der Waals surface area contributed by atoms with Gasteiger partial charge in [0.15, 0.2) is 0 Å². The molecule has 0 aromatic heterocycles. The van der Waals surface area contributed by atoms with Gasteiger partial charge in [0, 0.05) is 19.0 Å². The second kappa shape index (κ2) is 8.43. The quantitative estimate of drug-likeness (QED) is 0.835. The van der Waals surface area contributed by atoms with Gasteiger partial charge in [0.05, 0.1) is 0 Å². The number of amides is 2. The van der Waals surface area contributed by atoms with Crippen molar-refractivity contribution in [1.82, 2.24) is 4.90 Å². The molecule has 1 aliphatic heterocycles. The number of hydrogen-bond donors (Lipinski definition) is 1. The van der Waals surface area contributed by atoms with Crippen molar-refractivity contribution < 1.29 is 19.1 Å². The molecule has 6 heteroatoms.